The molecule has 2 unspecified atom stereocenters. The Balaban J connectivity index is 2.88. The predicted octanol–water partition coefficient (Wildman–Crippen LogP) is 1.21. The van der Waals surface area contributed by atoms with Gasteiger partial charge in [-0.05, 0) is 24.7 Å². The fourth-order valence-electron chi connectivity index (χ4n) is 2.64. The van der Waals surface area contributed by atoms with Crippen molar-refractivity contribution in [2.45, 2.75) is 52.6 Å². The lowest BCUT2D eigenvalue weighted by molar-refractivity contribution is -0.135. The van der Waals surface area contributed by atoms with E-state index in [1.165, 1.54) is 0 Å². The second kappa shape index (κ2) is 6.22. The molecule has 1 rings (SSSR count). The van der Waals surface area contributed by atoms with Crippen molar-refractivity contribution in [1.29, 1.82) is 0 Å². The molecule has 1 heterocycles. The maximum atomic E-state index is 12.6. The Morgan fingerprint density at radius 2 is 1.84 bits per heavy atom. The molecule has 112 valence electrons. The number of sulfonamides is 1. The number of nitrogens with one attached hydrogen (secondary N) is 1. The smallest absolute Gasteiger partial charge is 0.241 e. The zero-order valence-corrected chi connectivity index (χ0v) is 13.3. The van der Waals surface area contributed by atoms with Gasteiger partial charge >= 0.3 is 0 Å². The summed E-state index contributed by atoms with van der Waals surface area (Å²) in [5.74, 6) is 0.254. The monoisotopic (exact) mass is 290 g/mol. The van der Waals surface area contributed by atoms with E-state index in [2.05, 4.69) is 18.6 Å². The van der Waals surface area contributed by atoms with E-state index in [0.717, 1.165) is 25.6 Å². The van der Waals surface area contributed by atoms with Crippen LogP contribution < -0.4 is 4.72 Å². The Labute approximate surface area is 116 Å². The molecule has 1 fully saturated rings. The van der Waals surface area contributed by atoms with E-state index >= 15 is 0 Å². The van der Waals surface area contributed by atoms with E-state index < -0.39 is 16.1 Å². The minimum Gasteiger partial charge on any atom is -0.338 e. The van der Waals surface area contributed by atoms with Gasteiger partial charge in [-0.3, -0.25) is 4.79 Å². The van der Waals surface area contributed by atoms with Crippen molar-refractivity contribution in [3.63, 3.8) is 0 Å². The number of hydrogen-bond donors (Lipinski definition) is 1. The summed E-state index contributed by atoms with van der Waals surface area (Å²) in [5, 5.41) is 0. The molecule has 0 bridgehead atoms. The topological polar surface area (TPSA) is 66.5 Å². The summed E-state index contributed by atoms with van der Waals surface area (Å²) in [7, 11) is -3.38. The molecular weight excluding hydrogens is 264 g/mol. The summed E-state index contributed by atoms with van der Waals surface area (Å²) in [5.41, 5.74) is 0. The number of nitrogens with zero attached hydrogens (tertiary/aromatic N) is 1. The molecule has 1 aliphatic heterocycles. The minimum atomic E-state index is -3.38. The molecule has 1 amide bonds. The van der Waals surface area contributed by atoms with Crippen LogP contribution in [0.1, 0.15) is 40.5 Å². The van der Waals surface area contributed by atoms with E-state index in [0.29, 0.717) is 5.92 Å². The molecule has 0 saturated carbocycles. The lowest BCUT2D eigenvalue weighted by Crippen LogP contribution is -2.52. The Kier molecular flexibility index (Phi) is 5.38. The summed E-state index contributed by atoms with van der Waals surface area (Å²) < 4.78 is 25.3. The third kappa shape index (κ3) is 4.45. The maximum Gasteiger partial charge on any atom is 0.241 e. The highest BCUT2D eigenvalue weighted by Crippen LogP contribution is 2.25. The average Bonchev–Trinajstić information content (AvgIpc) is 2.72. The first-order chi connectivity index (χ1) is 8.63. The number of carbonyl (C=O) groups excluding carboxylic acids is 1. The van der Waals surface area contributed by atoms with Crippen molar-refractivity contribution in [2.75, 3.05) is 12.8 Å². The fourth-order valence-corrected chi connectivity index (χ4v) is 3.47. The van der Waals surface area contributed by atoms with Crippen LogP contribution in [0.15, 0.2) is 0 Å². The van der Waals surface area contributed by atoms with E-state index in [9.17, 15) is 13.2 Å². The summed E-state index contributed by atoms with van der Waals surface area (Å²) in [6.45, 7) is 8.66. The van der Waals surface area contributed by atoms with Gasteiger partial charge in [0.25, 0.3) is 0 Å². The zero-order chi connectivity index (χ0) is 14.8. The first kappa shape index (κ1) is 16.4. The second-order valence-electron chi connectivity index (χ2n) is 6.10. The molecule has 19 heavy (non-hydrogen) atoms. The summed E-state index contributed by atoms with van der Waals surface area (Å²) in [6, 6.07) is -0.426. The van der Waals surface area contributed by atoms with Crippen molar-refractivity contribution in [3.05, 3.63) is 0 Å². The van der Waals surface area contributed by atoms with Crippen molar-refractivity contribution >= 4 is 15.9 Å². The van der Waals surface area contributed by atoms with E-state index in [-0.39, 0.29) is 17.9 Å². The fraction of sp³-hybridized carbons (Fsp3) is 0.923. The molecule has 1 N–H and O–H groups in total. The molecule has 1 saturated heterocycles. The maximum absolute atomic E-state index is 12.6. The highest BCUT2D eigenvalue weighted by molar-refractivity contribution is 7.88. The third-order valence-corrected chi connectivity index (χ3v) is 4.31. The lowest BCUT2D eigenvalue weighted by atomic mass is 9.99. The predicted molar refractivity (Wildman–Crippen MR) is 76.2 cm³/mol. The van der Waals surface area contributed by atoms with Crippen LogP contribution in [0.4, 0.5) is 0 Å². The van der Waals surface area contributed by atoms with Gasteiger partial charge in [0.15, 0.2) is 0 Å². The van der Waals surface area contributed by atoms with Gasteiger partial charge in [0.2, 0.25) is 15.9 Å². The quantitative estimate of drug-likeness (QED) is 0.827. The van der Waals surface area contributed by atoms with Gasteiger partial charge in [0, 0.05) is 12.6 Å². The first-order valence-electron chi connectivity index (χ1n) is 6.91. The van der Waals surface area contributed by atoms with Gasteiger partial charge in [-0.15, -0.1) is 0 Å². The zero-order valence-electron chi connectivity index (χ0n) is 12.5. The molecule has 0 radical (unpaired) electrons. The van der Waals surface area contributed by atoms with Gasteiger partial charge in [-0.25, -0.2) is 13.1 Å². The Morgan fingerprint density at radius 1 is 1.26 bits per heavy atom. The normalized spacial score (nSPS) is 22.3. The van der Waals surface area contributed by atoms with Crippen LogP contribution in [0.5, 0.6) is 0 Å². The number of carbonyl (C=O) groups is 1. The molecule has 0 aromatic carbocycles. The minimum absolute atomic E-state index is 0.0596. The van der Waals surface area contributed by atoms with Crippen molar-refractivity contribution in [2.24, 2.45) is 11.8 Å². The first-order valence-corrected chi connectivity index (χ1v) is 8.80. The number of amides is 1. The van der Waals surface area contributed by atoms with Crippen LogP contribution in [0, 0.1) is 11.8 Å². The van der Waals surface area contributed by atoms with Gasteiger partial charge in [0.05, 0.1) is 6.26 Å². The molecular formula is C13H26N2O3S. The van der Waals surface area contributed by atoms with Crippen LogP contribution in [-0.4, -0.2) is 44.1 Å². The van der Waals surface area contributed by atoms with Crippen molar-refractivity contribution < 1.29 is 13.2 Å². The molecule has 0 aliphatic carbocycles. The SMILES string of the molecule is CC(C)C(NS(C)(=O)=O)C(=O)N1CCCC1C(C)C. The number of rotatable bonds is 5. The van der Waals surface area contributed by atoms with Crippen LogP contribution in [0.2, 0.25) is 0 Å². The third-order valence-electron chi connectivity index (χ3n) is 3.63. The van der Waals surface area contributed by atoms with Crippen LogP contribution >= 0.6 is 0 Å². The van der Waals surface area contributed by atoms with Gasteiger partial charge < -0.3 is 4.90 Å². The Hall–Kier alpha value is -0.620. The second-order valence-corrected chi connectivity index (χ2v) is 7.88. The molecule has 0 spiro atoms. The lowest BCUT2D eigenvalue weighted by Gasteiger charge is -2.32. The molecule has 0 aromatic rings. The summed E-state index contributed by atoms with van der Waals surface area (Å²) >= 11 is 0. The van der Waals surface area contributed by atoms with Gasteiger partial charge in [-0.1, -0.05) is 27.7 Å². The van der Waals surface area contributed by atoms with Gasteiger partial charge in [0.1, 0.15) is 6.04 Å². The number of likely N-dealkylation sites (tertiary alicyclic amines) is 1. The molecule has 0 aromatic heterocycles. The largest absolute Gasteiger partial charge is 0.338 e. The molecule has 2 atom stereocenters. The van der Waals surface area contributed by atoms with Crippen LogP contribution in [0.3, 0.4) is 0 Å². The molecule has 1 aliphatic rings. The highest BCUT2D eigenvalue weighted by atomic mass is 32.2. The van der Waals surface area contributed by atoms with Crippen LogP contribution in [-0.2, 0) is 14.8 Å². The average molecular weight is 290 g/mol. The standard InChI is InChI=1S/C13H26N2O3S/c1-9(2)11-7-6-8-15(11)13(16)12(10(3)4)14-19(5,17)18/h9-12,14H,6-8H2,1-5H3. The highest BCUT2D eigenvalue weighted by Gasteiger charge is 2.36. The van der Waals surface area contributed by atoms with E-state index in [4.69, 9.17) is 0 Å². The van der Waals surface area contributed by atoms with Crippen molar-refractivity contribution in [3.8, 4) is 0 Å². The van der Waals surface area contributed by atoms with E-state index in [1.54, 1.807) is 0 Å². The molecule has 6 heteroatoms. The van der Waals surface area contributed by atoms with E-state index in [1.807, 2.05) is 18.7 Å². The van der Waals surface area contributed by atoms with Crippen LogP contribution in [0.25, 0.3) is 0 Å². The van der Waals surface area contributed by atoms with Crippen molar-refractivity contribution in [1.82, 2.24) is 9.62 Å². The number of hydrogen-bond acceptors (Lipinski definition) is 3. The van der Waals surface area contributed by atoms with Gasteiger partial charge in [-0.2, -0.15) is 0 Å². The summed E-state index contributed by atoms with van der Waals surface area (Å²) in [4.78, 5) is 14.4. The Bertz CT molecular complexity index is 418. The Morgan fingerprint density at radius 3 is 2.26 bits per heavy atom. The summed E-state index contributed by atoms with van der Waals surface area (Å²) in [6.07, 6.45) is 3.10. The molecule has 5 nitrogen and oxygen atoms in total.